The summed E-state index contributed by atoms with van der Waals surface area (Å²) in [6.07, 6.45) is 13.2. The Bertz CT molecular complexity index is 951. The second-order valence-electron chi connectivity index (χ2n) is 7.77. The van der Waals surface area contributed by atoms with Crippen LogP contribution in [0.15, 0.2) is 54.7 Å². The van der Waals surface area contributed by atoms with Gasteiger partial charge in [0.1, 0.15) is 5.75 Å². The molecule has 0 fully saturated rings. The molecule has 0 bridgehead atoms. The second kappa shape index (κ2) is 11.5. The minimum absolute atomic E-state index is 0.268. The number of benzene rings is 2. The zero-order chi connectivity index (χ0) is 21.2. The van der Waals surface area contributed by atoms with Crippen molar-refractivity contribution in [3.63, 3.8) is 0 Å². The third kappa shape index (κ3) is 6.67. The fourth-order valence-electron chi connectivity index (χ4n) is 3.39. The monoisotopic (exact) mass is 404 g/mol. The largest absolute Gasteiger partial charge is 0.508 e. The molecule has 3 aromatic rings. The van der Waals surface area contributed by atoms with Crippen molar-refractivity contribution in [3.05, 3.63) is 60.4 Å². The topological polar surface area (TPSA) is 55.2 Å². The maximum atomic E-state index is 9.45. The summed E-state index contributed by atoms with van der Waals surface area (Å²) in [5.41, 5.74) is 4.74. The van der Waals surface area contributed by atoms with Crippen molar-refractivity contribution in [2.75, 3.05) is 6.61 Å². The highest BCUT2D eigenvalue weighted by molar-refractivity contribution is 5.81. The van der Waals surface area contributed by atoms with E-state index in [0.29, 0.717) is 6.10 Å². The summed E-state index contributed by atoms with van der Waals surface area (Å²) in [4.78, 5) is 9.28. The number of fused-ring (bicyclic) bond motifs is 1. The Morgan fingerprint density at radius 3 is 2.60 bits per heavy atom. The van der Waals surface area contributed by atoms with Crippen LogP contribution in [0, 0.1) is 0 Å². The number of hydrogen-bond donors (Lipinski definition) is 1. The van der Waals surface area contributed by atoms with Crippen LogP contribution in [-0.2, 0) is 4.74 Å². The molecule has 0 radical (unpaired) electrons. The summed E-state index contributed by atoms with van der Waals surface area (Å²) in [5.74, 6) is 0.268. The van der Waals surface area contributed by atoms with E-state index in [9.17, 15) is 5.11 Å². The third-order valence-electron chi connectivity index (χ3n) is 5.18. The summed E-state index contributed by atoms with van der Waals surface area (Å²) in [7, 11) is 0. The first kappa shape index (κ1) is 22.0. The first-order valence-electron chi connectivity index (χ1n) is 11.0. The molecule has 0 aliphatic carbocycles. The molecular formula is C26H32N2O2. The smallest absolute Gasteiger partial charge is 0.115 e. The molecular weight excluding hydrogens is 372 g/mol. The zero-order valence-corrected chi connectivity index (χ0v) is 18.1. The molecule has 0 aliphatic rings. The Kier molecular flexibility index (Phi) is 8.40. The molecule has 4 nitrogen and oxygen atoms in total. The van der Waals surface area contributed by atoms with Gasteiger partial charge in [-0.1, -0.05) is 44.0 Å². The molecule has 30 heavy (non-hydrogen) atoms. The van der Waals surface area contributed by atoms with Crippen LogP contribution in [0.25, 0.3) is 28.2 Å². The Hall–Kier alpha value is -2.72. The molecule has 0 spiro atoms. The lowest BCUT2D eigenvalue weighted by molar-refractivity contribution is 0.0566. The maximum Gasteiger partial charge on any atom is 0.115 e. The lowest BCUT2D eigenvalue weighted by atomic mass is 10.0. The molecule has 0 saturated carbocycles. The van der Waals surface area contributed by atoms with Crippen LogP contribution in [0.3, 0.4) is 0 Å². The van der Waals surface area contributed by atoms with E-state index in [-0.39, 0.29) is 5.75 Å². The number of rotatable bonds is 11. The number of allylic oxidation sites excluding steroid dienone is 1. The van der Waals surface area contributed by atoms with E-state index in [4.69, 9.17) is 9.72 Å². The van der Waals surface area contributed by atoms with Crippen molar-refractivity contribution in [3.8, 4) is 16.9 Å². The number of nitrogens with zero attached hydrogens (tertiary/aromatic N) is 2. The Morgan fingerprint density at radius 1 is 1.00 bits per heavy atom. The average molecular weight is 405 g/mol. The fraction of sp³-hybridized carbons (Fsp3) is 0.385. The van der Waals surface area contributed by atoms with Gasteiger partial charge in [0.25, 0.3) is 0 Å². The molecule has 0 aliphatic heterocycles. The van der Waals surface area contributed by atoms with Crippen LogP contribution >= 0.6 is 0 Å². The highest BCUT2D eigenvalue weighted by Gasteiger charge is 2.03. The van der Waals surface area contributed by atoms with Gasteiger partial charge < -0.3 is 9.84 Å². The van der Waals surface area contributed by atoms with Crippen LogP contribution in [0.5, 0.6) is 5.75 Å². The van der Waals surface area contributed by atoms with E-state index >= 15 is 0 Å². The van der Waals surface area contributed by atoms with Crippen molar-refractivity contribution in [1.82, 2.24) is 9.97 Å². The van der Waals surface area contributed by atoms with Crippen molar-refractivity contribution in [2.24, 2.45) is 0 Å². The van der Waals surface area contributed by atoms with E-state index in [1.54, 1.807) is 12.1 Å². The van der Waals surface area contributed by atoms with Gasteiger partial charge in [-0.25, -0.2) is 4.98 Å². The highest BCUT2D eigenvalue weighted by Crippen LogP contribution is 2.24. The van der Waals surface area contributed by atoms with Gasteiger partial charge in [-0.05, 0) is 74.1 Å². The van der Waals surface area contributed by atoms with Gasteiger partial charge in [0.15, 0.2) is 0 Å². The van der Waals surface area contributed by atoms with Crippen molar-refractivity contribution < 1.29 is 9.84 Å². The molecule has 1 unspecified atom stereocenters. The molecule has 158 valence electrons. The van der Waals surface area contributed by atoms with Gasteiger partial charge in [-0.3, -0.25) is 4.98 Å². The minimum atomic E-state index is 0.268. The summed E-state index contributed by atoms with van der Waals surface area (Å²) >= 11 is 0. The van der Waals surface area contributed by atoms with Crippen LogP contribution in [-0.4, -0.2) is 27.8 Å². The lowest BCUT2D eigenvalue weighted by Crippen LogP contribution is -2.08. The molecule has 3 rings (SSSR count). The van der Waals surface area contributed by atoms with Crippen LogP contribution < -0.4 is 0 Å². The molecule has 1 heterocycles. The van der Waals surface area contributed by atoms with E-state index in [1.165, 1.54) is 12.8 Å². The van der Waals surface area contributed by atoms with E-state index in [2.05, 4.69) is 24.9 Å². The molecule has 1 aromatic heterocycles. The van der Waals surface area contributed by atoms with Crippen LogP contribution in [0.2, 0.25) is 0 Å². The van der Waals surface area contributed by atoms with Gasteiger partial charge in [0.2, 0.25) is 0 Å². The minimum Gasteiger partial charge on any atom is -0.508 e. The van der Waals surface area contributed by atoms with E-state index < -0.39 is 0 Å². The summed E-state index contributed by atoms with van der Waals surface area (Å²) in [5, 5.41) is 9.45. The molecule has 0 amide bonds. The van der Waals surface area contributed by atoms with Gasteiger partial charge in [-0.15, -0.1) is 0 Å². The standard InChI is InChI=1S/C26H32N2O2/c1-3-4-8-17-30-20(2)9-6-5-7-10-23-19-27-26-18-22(13-16-25(26)28-23)21-11-14-24(29)15-12-21/h7,10-16,18-20,29H,3-6,8-9,17H2,1-2H3/b10-7+. The Balaban J connectivity index is 1.50. The fourth-order valence-corrected chi connectivity index (χ4v) is 3.39. The average Bonchev–Trinajstić information content (AvgIpc) is 2.76. The summed E-state index contributed by atoms with van der Waals surface area (Å²) in [6, 6.07) is 13.3. The number of aromatic nitrogens is 2. The molecule has 1 atom stereocenters. The molecule has 4 heteroatoms. The number of ether oxygens (including phenoxy) is 1. The van der Waals surface area contributed by atoms with Crippen molar-refractivity contribution in [2.45, 2.75) is 58.5 Å². The zero-order valence-electron chi connectivity index (χ0n) is 18.1. The van der Waals surface area contributed by atoms with E-state index in [0.717, 1.165) is 60.1 Å². The third-order valence-corrected chi connectivity index (χ3v) is 5.18. The number of phenolic OH excluding ortho intramolecular Hbond substituents is 1. The molecule has 2 aromatic carbocycles. The Labute approximate surface area is 179 Å². The first-order chi connectivity index (χ1) is 14.7. The quantitative estimate of drug-likeness (QED) is 0.358. The number of aromatic hydroxyl groups is 1. The van der Waals surface area contributed by atoms with Crippen molar-refractivity contribution >= 4 is 17.1 Å². The van der Waals surface area contributed by atoms with Crippen LogP contribution in [0.4, 0.5) is 0 Å². The van der Waals surface area contributed by atoms with Crippen LogP contribution in [0.1, 0.15) is 58.1 Å². The number of hydrogen-bond acceptors (Lipinski definition) is 4. The lowest BCUT2D eigenvalue weighted by Gasteiger charge is -2.11. The van der Waals surface area contributed by atoms with Gasteiger partial charge in [-0.2, -0.15) is 0 Å². The number of unbranched alkanes of at least 4 members (excludes halogenated alkanes) is 3. The molecule has 1 N–H and O–H groups in total. The van der Waals surface area contributed by atoms with E-state index in [1.807, 2.05) is 42.6 Å². The summed E-state index contributed by atoms with van der Waals surface area (Å²) < 4.78 is 5.85. The normalized spacial score (nSPS) is 12.6. The first-order valence-corrected chi connectivity index (χ1v) is 11.0. The summed E-state index contributed by atoms with van der Waals surface area (Å²) in [6.45, 7) is 5.26. The molecule has 0 saturated heterocycles. The van der Waals surface area contributed by atoms with Gasteiger partial charge in [0.05, 0.1) is 29.0 Å². The second-order valence-corrected chi connectivity index (χ2v) is 7.77. The SMILES string of the molecule is CCCCCOC(C)CCC/C=C/c1cnc2cc(-c3ccc(O)cc3)ccc2n1. The van der Waals surface area contributed by atoms with Gasteiger partial charge in [0, 0.05) is 6.61 Å². The maximum absolute atomic E-state index is 9.45. The predicted molar refractivity (Wildman–Crippen MR) is 124 cm³/mol. The predicted octanol–water partition coefficient (Wildman–Crippen LogP) is 6.78. The highest BCUT2D eigenvalue weighted by atomic mass is 16.5. The number of phenols is 1. The Morgan fingerprint density at radius 2 is 1.80 bits per heavy atom. The van der Waals surface area contributed by atoms with Gasteiger partial charge >= 0.3 is 0 Å². The van der Waals surface area contributed by atoms with Crippen molar-refractivity contribution in [1.29, 1.82) is 0 Å².